The van der Waals surface area contributed by atoms with E-state index in [1.165, 1.54) is 0 Å². The zero-order valence-electron chi connectivity index (χ0n) is 9.63. The summed E-state index contributed by atoms with van der Waals surface area (Å²) in [5.41, 5.74) is 6.53. The average Bonchev–Trinajstić information content (AvgIpc) is 2.28. The number of hydrogen-bond acceptors (Lipinski definition) is 3. The smallest absolute Gasteiger partial charge is 0.263 e. The molecule has 0 heterocycles. The Kier molecular flexibility index (Phi) is 4.46. The highest BCUT2D eigenvalue weighted by Gasteiger charge is 2.22. The summed E-state index contributed by atoms with van der Waals surface area (Å²) in [5.74, 6) is -0.434. The fraction of sp³-hybridized carbons (Fsp3) is 0.417. The molecule has 0 spiro atoms. The lowest BCUT2D eigenvalue weighted by atomic mass is 10.0. The van der Waals surface area contributed by atoms with Crippen LogP contribution >= 0.6 is 0 Å². The summed E-state index contributed by atoms with van der Waals surface area (Å²) in [6, 6.07) is 8.63. The van der Waals surface area contributed by atoms with Crippen molar-refractivity contribution in [1.29, 1.82) is 0 Å². The number of nitrogens with zero attached hydrogens (tertiary/aromatic N) is 1. The van der Waals surface area contributed by atoms with Crippen LogP contribution in [0.5, 0.6) is 0 Å². The lowest BCUT2D eigenvalue weighted by molar-refractivity contribution is -0.170. The summed E-state index contributed by atoms with van der Waals surface area (Å²) in [6.45, 7) is 3.86. The van der Waals surface area contributed by atoms with Crippen LogP contribution in [-0.4, -0.2) is 22.2 Å². The molecule has 4 nitrogen and oxygen atoms in total. The first-order chi connectivity index (χ1) is 7.52. The van der Waals surface area contributed by atoms with Gasteiger partial charge in [-0.1, -0.05) is 44.2 Å². The van der Waals surface area contributed by atoms with E-state index in [0.717, 1.165) is 5.56 Å². The van der Waals surface area contributed by atoms with Gasteiger partial charge in [0.15, 0.2) is 0 Å². The molecular formula is C12H18N2O2. The predicted octanol–water partition coefficient (Wildman–Crippen LogP) is 1.39. The van der Waals surface area contributed by atoms with Gasteiger partial charge in [0.05, 0.1) is 12.6 Å². The van der Waals surface area contributed by atoms with E-state index in [1.807, 2.05) is 44.2 Å². The summed E-state index contributed by atoms with van der Waals surface area (Å²) < 4.78 is 0. The van der Waals surface area contributed by atoms with Crippen molar-refractivity contribution >= 4 is 5.91 Å². The summed E-state index contributed by atoms with van der Waals surface area (Å²) in [4.78, 5) is 11.6. The van der Waals surface area contributed by atoms with Crippen LogP contribution in [0, 0.1) is 5.92 Å². The van der Waals surface area contributed by atoms with Crippen LogP contribution in [-0.2, 0) is 11.3 Å². The van der Waals surface area contributed by atoms with Gasteiger partial charge in [0, 0.05) is 0 Å². The molecule has 0 fully saturated rings. The van der Waals surface area contributed by atoms with Crippen LogP contribution in [0.15, 0.2) is 30.3 Å². The van der Waals surface area contributed by atoms with E-state index in [1.54, 1.807) is 0 Å². The monoisotopic (exact) mass is 222 g/mol. The molecule has 0 bridgehead atoms. The predicted molar refractivity (Wildman–Crippen MR) is 61.6 cm³/mol. The van der Waals surface area contributed by atoms with E-state index >= 15 is 0 Å². The van der Waals surface area contributed by atoms with Gasteiger partial charge in [0.1, 0.15) is 0 Å². The molecule has 0 saturated heterocycles. The standard InChI is InChI=1S/C12H18N2O2/c1-9(2)11(13)12(15)14(16)8-10-6-4-3-5-7-10/h3-7,9,11,16H,8,13H2,1-2H3. The van der Waals surface area contributed by atoms with Gasteiger partial charge in [0.2, 0.25) is 0 Å². The summed E-state index contributed by atoms with van der Waals surface area (Å²) in [6.07, 6.45) is 0. The summed E-state index contributed by atoms with van der Waals surface area (Å²) in [5, 5.41) is 10.3. The van der Waals surface area contributed by atoms with Crippen molar-refractivity contribution in [3.63, 3.8) is 0 Å². The maximum absolute atomic E-state index is 11.6. The Morgan fingerprint density at radius 3 is 2.44 bits per heavy atom. The summed E-state index contributed by atoms with van der Waals surface area (Å²) in [7, 11) is 0. The van der Waals surface area contributed by atoms with Crippen molar-refractivity contribution in [2.45, 2.75) is 26.4 Å². The van der Waals surface area contributed by atoms with E-state index in [2.05, 4.69) is 0 Å². The molecule has 1 aromatic carbocycles. The van der Waals surface area contributed by atoms with Crippen molar-refractivity contribution in [2.24, 2.45) is 11.7 Å². The number of carbonyl (C=O) groups is 1. The first kappa shape index (κ1) is 12.7. The highest BCUT2D eigenvalue weighted by atomic mass is 16.5. The molecule has 16 heavy (non-hydrogen) atoms. The first-order valence-corrected chi connectivity index (χ1v) is 5.32. The number of benzene rings is 1. The Hall–Kier alpha value is -1.39. The van der Waals surface area contributed by atoms with Gasteiger partial charge in [-0.05, 0) is 11.5 Å². The molecule has 0 radical (unpaired) electrons. The highest BCUT2D eigenvalue weighted by Crippen LogP contribution is 2.06. The molecule has 0 saturated carbocycles. The minimum absolute atomic E-state index is 0.0120. The van der Waals surface area contributed by atoms with E-state index in [9.17, 15) is 10.0 Å². The minimum atomic E-state index is -0.659. The third-order valence-corrected chi connectivity index (χ3v) is 2.43. The van der Waals surface area contributed by atoms with Crippen LogP contribution in [0.2, 0.25) is 0 Å². The number of rotatable bonds is 4. The van der Waals surface area contributed by atoms with Gasteiger partial charge in [0.25, 0.3) is 5.91 Å². The van der Waals surface area contributed by atoms with Crippen molar-refractivity contribution in [3.8, 4) is 0 Å². The second-order valence-electron chi connectivity index (χ2n) is 4.15. The molecule has 1 aromatic rings. The quantitative estimate of drug-likeness (QED) is 0.597. The van der Waals surface area contributed by atoms with Gasteiger partial charge in [-0.2, -0.15) is 0 Å². The van der Waals surface area contributed by atoms with Gasteiger partial charge in [-0.3, -0.25) is 10.0 Å². The van der Waals surface area contributed by atoms with Crippen LogP contribution in [0.4, 0.5) is 0 Å². The molecule has 1 rings (SSSR count). The Balaban J connectivity index is 2.59. The van der Waals surface area contributed by atoms with Gasteiger partial charge in [-0.15, -0.1) is 0 Å². The highest BCUT2D eigenvalue weighted by molar-refractivity contribution is 5.80. The molecule has 0 aromatic heterocycles. The molecule has 1 atom stereocenters. The molecule has 0 aliphatic rings. The van der Waals surface area contributed by atoms with Crippen molar-refractivity contribution in [1.82, 2.24) is 5.06 Å². The molecule has 88 valence electrons. The maximum atomic E-state index is 11.6. The fourth-order valence-electron chi connectivity index (χ4n) is 1.29. The molecule has 1 amide bonds. The van der Waals surface area contributed by atoms with Crippen LogP contribution in [0.1, 0.15) is 19.4 Å². The van der Waals surface area contributed by atoms with E-state index in [0.29, 0.717) is 5.06 Å². The number of carbonyl (C=O) groups excluding carboxylic acids is 1. The van der Waals surface area contributed by atoms with Gasteiger partial charge in [-0.25, -0.2) is 5.06 Å². The lowest BCUT2D eigenvalue weighted by Gasteiger charge is -2.21. The molecule has 3 N–H and O–H groups in total. The summed E-state index contributed by atoms with van der Waals surface area (Å²) >= 11 is 0. The topological polar surface area (TPSA) is 66.6 Å². The number of hydrogen-bond donors (Lipinski definition) is 2. The SMILES string of the molecule is CC(C)C(N)C(=O)N(O)Cc1ccccc1. The third kappa shape index (κ3) is 3.32. The number of hydroxylamine groups is 2. The zero-order chi connectivity index (χ0) is 12.1. The molecule has 4 heteroatoms. The van der Waals surface area contributed by atoms with Crippen LogP contribution in [0.3, 0.4) is 0 Å². The normalized spacial score (nSPS) is 12.6. The largest absolute Gasteiger partial charge is 0.320 e. The Morgan fingerprint density at radius 1 is 1.38 bits per heavy atom. The first-order valence-electron chi connectivity index (χ1n) is 5.32. The Morgan fingerprint density at radius 2 is 1.94 bits per heavy atom. The number of amides is 1. The van der Waals surface area contributed by atoms with E-state index in [-0.39, 0.29) is 12.5 Å². The van der Waals surface area contributed by atoms with Gasteiger partial charge >= 0.3 is 0 Å². The second-order valence-corrected chi connectivity index (χ2v) is 4.15. The number of nitrogens with two attached hydrogens (primary N) is 1. The lowest BCUT2D eigenvalue weighted by Crippen LogP contribution is -2.44. The van der Waals surface area contributed by atoms with Crippen LogP contribution in [0.25, 0.3) is 0 Å². The Labute approximate surface area is 95.6 Å². The minimum Gasteiger partial charge on any atom is -0.320 e. The van der Waals surface area contributed by atoms with Crippen molar-refractivity contribution in [3.05, 3.63) is 35.9 Å². The molecule has 0 aliphatic heterocycles. The third-order valence-electron chi connectivity index (χ3n) is 2.43. The Bertz CT molecular complexity index is 338. The molecule has 1 unspecified atom stereocenters. The zero-order valence-corrected chi connectivity index (χ0v) is 9.63. The van der Waals surface area contributed by atoms with E-state index < -0.39 is 11.9 Å². The van der Waals surface area contributed by atoms with E-state index in [4.69, 9.17) is 5.73 Å². The van der Waals surface area contributed by atoms with Crippen molar-refractivity contribution in [2.75, 3.05) is 0 Å². The van der Waals surface area contributed by atoms with Crippen molar-refractivity contribution < 1.29 is 10.0 Å². The average molecular weight is 222 g/mol. The van der Waals surface area contributed by atoms with Gasteiger partial charge < -0.3 is 5.73 Å². The molecular weight excluding hydrogens is 204 g/mol. The molecule has 0 aliphatic carbocycles. The van der Waals surface area contributed by atoms with Crippen LogP contribution < -0.4 is 5.73 Å². The maximum Gasteiger partial charge on any atom is 0.263 e. The second kappa shape index (κ2) is 5.63. The fourth-order valence-corrected chi connectivity index (χ4v) is 1.29.